The lowest BCUT2D eigenvalue weighted by atomic mass is 10.5. The quantitative estimate of drug-likeness (QED) is 0.658. The van der Waals surface area contributed by atoms with Gasteiger partial charge in [0.1, 0.15) is 11.6 Å². The Morgan fingerprint density at radius 2 is 2.08 bits per heavy atom. The Morgan fingerprint density at radius 1 is 1.23 bits per heavy atom. The third-order valence-corrected chi connectivity index (χ3v) is 1.62. The van der Waals surface area contributed by atoms with E-state index in [9.17, 15) is 0 Å². The van der Waals surface area contributed by atoms with Crippen molar-refractivity contribution >= 4 is 11.6 Å². The van der Waals surface area contributed by atoms with Crippen molar-refractivity contribution < 1.29 is 0 Å². The normalized spacial score (nSPS) is 10.2. The zero-order valence-electron chi connectivity index (χ0n) is 6.88. The van der Waals surface area contributed by atoms with Crippen molar-refractivity contribution in [1.82, 2.24) is 14.8 Å². The van der Waals surface area contributed by atoms with Crippen LogP contribution >= 0.6 is 0 Å². The molecule has 0 bridgehead atoms. The minimum atomic E-state index is 0.392. The first kappa shape index (κ1) is 7.60. The van der Waals surface area contributed by atoms with Crippen molar-refractivity contribution in [2.45, 2.75) is 0 Å². The van der Waals surface area contributed by atoms with Gasteiger partial charge in [-0.25, -0.2) is 4.98 Å². The van der Waals surface area contributed by atoms with Crippen LogP contribution in [0.15, 0.2) is 30.5 Å². The van der Waals surface area contributed by atoms with Gasteiger partial charge in [0.15, 0.2) is 5.82 Å². The molecule has 0 atom stereocenters. The number of nitrogen functional groups attached to an aromatic ring is 2. The predicted molar refractivity (Wildman–Crippen MR) is 50.2 cm³/mol. The van der Waals surface area contributed by atoms with Crippen LogP contribution in [0.5, 0.6) is 0 Å². The van der Waals surface area contributed by atoms with E-state index in [0.29, 0.717) is 17.5 Å². The molecule has 5 nitrogen and oxygen atoms in total. The molecule has 2 rings (SSSR count). The van der Waals surface area contributed by atoms with Crippen molar-refractivity contribution in [1.29, 1.82) is 0 Å². The number of hydrogen-bond donors (Lipinski definition) is 2. The van der Waals surface area contributed by atoms with Crippen LogP contribution in [0.2, 0.25) is 0 Å². The molecule has 0 amide bonds. The van der Waals surface area contributed by atoms with Gasteiger partial charge < -0.3 is 11.5 Å². The van der Waals surface area contributed by atoms with Crippen LogP contribution in [0, 0.1) is 0 Å². The van der Waals surface area contributed by atoms with Gasteiger partial charge in [0.05, 0.1) is 0 Å². The molecular weight excluding hydrogens is 166 g/mol. The van der Waals surface area contributed by atoms with Gasteiger partial charge in [0, 0.05) is 12.3 Å². The average Bonchev–Trinajstić information content (AvgIpc) is 2.47. The van der Waals surface area contributed by atoms with Crippen molar-refractivity contribution in [2.75, 3.05) is 11.5 Å². The summed E-state index contributed by atoms with van der Waals surface area (Å²) in [6.45, 7) is 0. The molecule has 2 aromatic heterocycles. The standard InChI is InChI=1S/C8H9N5/c9-6-5-7(10)13(12-6)8-3-1-2-4-11-8/h1-5H,10H2,(H2,9,12). The molecule has 2 heterocycles. The highest BCUT2D eigenvalue weighted by molar-refractivity contribution is 5.46. The SMILES string of the molecule is Nc1cc(N)n(-c2ccccn2)n1. The Bertz CT molecular complexity index is 406. The summed E-state index contributed by atoms with van der Waals surface area (Å²) in [5.74, 6) is 1.54. The van der Waals surface area contributed by atoms with E-state index < -0.39 is 0 Å². The Hall–Kier alpha value is -2.04. The number of hydrogen-bond acceptors (Lipinski definition) is 4. The lowest BCUT2D eigenvalue weighted by molar-refractivity contribution is 0.862. The first-order valence-corrected chi connectivity index (χ1v) is 3.80. The first-order valence-electron chi connectivity index (χ1n) is 3.80. The first-order chi connectivity index (χ1) is 6.27. The molecule has 13 heavy (non-hydrogen) atoms. The second-order valence-electron chi connectivity index (χ2n) is 2.59. The molecule has 0 aromatic carbocycles. The van der Waals surface area contributed by atoms with Crippen LogP contribution in [-0.4, -0.2) is 14.8 Å². The summed E-state index contributed by atoms with van der Waals surface area (Å²) < 4.78 is 1.50. The highest BCUT2D eigenvalue weighted by atomic mass is 15.4. The van der Waals surface area contributed by atoms with Crippen LogP contribution in [0.4, 0.5) is 11.6 Å². The maximum atomic E-state index is 5.65. The number of aromatic nitrogens is 3. The van der Waals surface area contributed by atoms with Gasteiger partial charge in [-0.1, -0.05) is 6.07 Å². The van der Waals surface area contributed by atoms with Gasteiger partial charge in [-0.2, -0.15) is 4.68 Å². The third kappa shape index (κ3) is 1.31. The fraction of sp³-hybridized carbons (Fsp3) is 0. The van der Waals surface area contributed by atoms with Crippen LogP contribution in [0.3, 0.4) is 0 Å². The molecule has 0 aliphatic carbocycles. The number of anilines is 2. The van der Waals surface area contributed by atoms with Gasteiger partial charge >= 0.3 is 0 Å². The molecule has 0 spiro atoms. The summed E-state index contributed by atoms with van der Waals surface area (Å²) in [5.41, 5.74) is 11.1. The van der Waals surface area contributed by atoms with Gasteiger partial charge in [0.25, 0.3) is 0 Å². The third-order valence-electron chi connectivity index (χ3n) is 1.62. The minimum Gasteiger partial charge on any atom is -0.383 e. The summed E-state index contributed by atoms with van der Waals surface area (Å²) in [6, 6.07) is 7.09. The van der Waals surface area contributed by atoms with Gasteiger partial charge in [-0.05, 0) is 12.1 Å². The Balaban J connectivity index is 2.53. The summed E-state index contributed by atoms with van der Waals surface area (Å²) >= 11 is 0. The number of nitrogens with two attached hydrogens (primary N) is 2. The van der Waals surface area contributed by atoms with Crippen LogP contribution in [-0.2, 0) is 0 Å². The Morgan fingerprint density at radius 3 is 2.62 bits per heavy atom. The Labute approximate surface area is 75.0 Å². The van der Waals surface area contributed by atoms with E-state index >= 15 is 0 Å². The monoisotopic (exact) mass is 175 g/mol. The molecule has 0 fully saturated rings. The maximum absolute atomic E-state index is 5.65. The number of nitrogens with zero attached hydrogens (tertiary/aromatic N) is 3. The van der Waals surface area contributed by atoms with Crippen LogP contribution in [0.25, 0.3) is 5.82 Å². The zero-order chi connectivity index (χ0) is 9.26. The predicted octanol–water partition coefficient (Wildman–Crippen LogP) is 0.432. The molecule has 0 unspecified atom stereocenters. The minimum absolute atomic E-state index is 0.392. The lowest BCUT2D eigenvalue weighted by Crippen LogP contribution is -2.03. The molecule has 0 aliphatic rings. The van der Waals surface area contributed by atoms with E-state index in [2.05, 4.69) is 10.1 Å². The molecule has 0 saturated carbocycles. The summed E-state index contributed by atoms with van der Waals surface area (Å²) in [7, 11) is 0. The maximum Gasteiger partial charge on any atom is 0.155 e. The van der Waals surface area contributed by atoms with Gasteiger partial charge in [-0.3, -0.25) is 0 Å². The molecule has 2 aromatic rings. The topological polar surface area (TPSA) is 82.8 Å². The van der Waals surface area contributed by atoms with Crippen molar-refractivity contribution in [3.63, 3.8) is 0 Å². The van der Waals surface area contributed by atoms with Crippen LogP contribution < -0.4 is 11.5 Å². The van der Waals surface area contributed by atoms with Crippen molar-refractivity contribution in [2.24, 2.45) is 0 Å². The lowest BCUT2D eigenvalue weighted by Gasteiger charge is -2.00. The van der Waals surface area contributed by atoms with Crippen molar-refractivity contribution in [3.8, 4) is 5.82 Å². The fourth-order valence-electron chi connectivity index (χ4n) is 1.08. The second kappa shape index (κ2) is 2.78. The average molecular weight is 175 g/mol. The van der Waals surface area contributed by atoms with E-state index in [0.717, 1.165) is 0 Å². The summed E-state index contributed by atoms with van der Waals surface area (Å²) in [6.07, 6.45) is 1.67. The largest absolute Gasteiger partial charge is 0.383 e. The zero-order valence-corrected chi connectivity index (χ0v) is 6.88. The van der Waals surface area contributed by atoms with E-state index in [1.807, 2.05) is 18.2 Å². The van der Waals surface area contributed by atoms with E-state index in [4.69, 9.17) is 11.5 Å². The summed E-state index contributed by atoms with van der Waals surface area (Å²) in [4.78, 5) is 4.09. The van der Waals surface area contributed by atoms with E-state index in [-0.39, 0.29) is 0 Å². The molecule has 4 N–H and O–H groups in total. The number of rotatable bonds is 1. The molecule has 0 aliphatic heterocycles. The van der Waals surface area contributed by atoms with Crippen LogP contribution in [0.1, 0.15) is 0 Å². The summed E-state index contributed by atoms with van der Waals surface area (Å²) in [5, 5.41) is 3.99. The van der Waals surface area contributed by atoms with E-state index in [1.54, 1.807) is 12.3 Å². The molecule has 66 valence electrons. The Kier molecular flexibility index (Phi) is 1.63. The molecule has 5 heteroatoms. The highest BCUT2D eigenvalue weighted by Crippen LogP contribution is 2.12. The van der Waals surface area contributed by atoms with Gasteiger partial charge in [-0.15, -0.1) is 5.10 Å². The smallest absolute Gasteiger partial charge is 0.155 e. The highest BCUT2D eigenvalue weighted by Gasteiger charge is 2.03. The molecular formula is C8H9N5. The number of pyridine rings is 1. The van der Waals surface area contributed by atoms with Crippen molar-refractivity contribution in [3.05, 3.63) is 30.5 Å². The fourth-order valence-corrected chi connectivity index (χ4v) is 1.08. The molecule has 0 radical (unpaired) electrons. The van der Waals surface area contributed by atoms with E-state index in [1.165, 1.54) is 4.68 Å². The van der Waals surface area contributed by atoms with Gasteiger partial charge in [0.2, 0.25) is 0 Å². The second-order valence-corrected chi connectivity index (χ2v) is 2.59. The molecule has 0 saturated heterocycles.